The highest BCUT2D eigenvalue weighted by Crippen LogP contribution is 2.28. The van der Waals surface area contributed by atoms with Crippen LogP contribution < -0.4 is 10.6 Å². The van der Waals surface area contributed by atoms with E-state index in [1.807, 2.05) is 0 Å². The predicted octanol–water partition coefficient (Wildman–Crippen LogP) is 3.82. The van der Waals surface area contributed by atoms with Crippen LogP contribution in [0.25, 0.3) is 0 Å². The lowest BCUT2D eigenvalue weighted by atomic mass is 10.3. The Bertz CT molecular complexity index is 579. The predicted molar refractivity (Wildman–Crippen MR) is 74.0 cm³/mol. The Balaban J connectivity index is 2.33. The van der Waals surface area contributed by atoms with Crippen LogP contribution in [0.1, 0.15) is 0 Å². The van der Waals surface area contributed by atoms with Crippen molar-refractivity contribution in [1.29, 1.82) is 0 Å². The van der Waals surface area contributed by atoms with Gasteiger partial charge in [0.15, 0.2) is 11.6 Å². The van der Waals surface area contributed by atoms with E-state index in [9.17, 15) is 4.39 Å². The zero-order valence-electron chi connectivity index (χ0n) is 9.34. The maximum absolute atomic E-state index is 13.5. The minimum Gasteiger partial charge on any atom is -0.357 e. The molecule has 0 unspecified atom stereocenters. The topological polar surface area (TPSA) is 49.8 Å². The molecule has 2 rings (SSSR count). The van der Waals surface area contributed by atoms with Gasteiger partial charge in [-0.05, 0) is 18.2 Å². The van der Waals surface area contributed by atoms with Gasteiger partial charge in [-0.1, -0.05) is 27.5 Å². The molecule has 2 N–H and O–H groups in total. The molecule has 0 spiro atoms. The number of nitrogens with zero attached hydrogens (tertiary/aromatic N) is 2. The Labute approximate surface area is 117 Å². The number of halogens is 3. The third-order valence-electron chi connectivity index (χ3n) is 2.15. The summed E-state index contributed by atoms with van der Waals surface area (Å²) in [4.78, 5) is 7.73. The fraction of sp³-hybridized carbons (Fsp3) is 0.0909. The van der Waals surface area contributed by atoms with Gasteiger partial charge in [-0.2, -0.15) is 4.98 Å². The van der Waals surface area contributed by atoms with Crippen molar-refractivity contribution in [3.63, 3.8) is 0 Å². The van der Waals surface area contributed by atoms with Crippen LogP contribution in [-0.2, 0) is 0 Å². The number of nitrogens with one attached hydrogen (secondary N) is 2. The first kappa shape index (κ1) is 13.0. The molecule has 2 aromatic rings. The van der Waals surface area contributed by atoms with Gasteiger partial charge in [-0.15, -0.1) is 0 Å². The summed E-state index contributed by atoms with van der Waals surface area (Å²) in [6, 6.07) is 5.24. The first-order valence-corrected chi connectivity index (χ1v) is 6.19. The molecule has 0 bridgehead atoms. The maximum atomic E-state index is 13.5. The number of hydrogen-bond acceptors (Lipinski definition) is 4. The number of aromatic nitrogens is 2. The van der Waals surface area contributed by atoms with E-state index in [4.69, 9.17) is 11.6 Å². The second-order valence-corrected chi connectivity index (χ2v) is 4.71. The molecule has 1 aromatic carbocycles. The van der Waals surface area contributed by atoms with E-state index in [1.54, 1.807) is 25.2 Å². The molecule has 1 aromatic heterocycles. The number of anilines is 3. The lowest BCUT2D eigenvalue weighted by molar-refractivity contribution is 0.619. The highest BCUT2D eigenvalue weighted by molar-refractivity contribution is 9.10. The van der Waals surface area contributed by atoms with Crippen molar-refractivity contribution in [2.45, 2.75) is 0 Å². The van der Waals surface area contributed by atoms with Crippen molar-refractivity contribution < 1.29 is 4.39 Å². The first-order valence-electron chi connectivity index (χ1n) is 5.02. The summed E-state index contributed by atoms with van der Waals surface area (Å²) in [6.45, 7) is 0. The van der Waals surface area contributed by atoms with Gasteiger partial charge in [0, 0.05) is 11.5 Å². The highest BCUT2D eigenvalue weighted by atomic mass is 79.9. The maximum Gasteiger partial charge on any atom is 0.224 e. The average molecular weight is 332 g/mol. The summed E-state index contributed by atoms with van der Waals surface area (Å²) in [7, 11) is 1.66. The molecule has 0 aliphatic heterocycles. The monoisotopic (exact) mass is 330 g/mol. The summed E-state index contributed by atoms with van der Waals surface area (Å²) < 4.78 is 14.4. The van der Waals surface area contributed by atoms with Crippen LogP contribution in [0.4, 0.5) is 21.8 Å². The summed E-state index contributed by atoms with van der Waals surface area (Å²) in [5.41, 5.74) is 0.569. The third kappa shape index (κ3) is 2.88. The van der Waals surface area contributed by atoms with Crippen molar-refractivity contribution in [3.05, 3.63) is 39.7 Å². The molecule has 0 aliphatic rings. The van der Waals surface area contributed by atoms with E-state index in [-0.39, 0.29) is 5.82 Å². The molecular formula is C11H9BrClFN4. The zero-order chi connectivity index (χ0) is 13.1. The Hall–Kier alpha value is -1.40. The number of rotatable bonds is 3. The van der Waals surface area contributed by atoms with Gasteiger partial charge in [0.25, 0.3) is 0 Å². The molecule has 0 saturated carbocycles. The fourth-order valence-corrected chi connectivity index (χ4v) is 2.01. The smallest absolute Gasteiger partial charge is 0.224 e. The molecule has 0 fully saturated rings. The lowest BCUT2D eigenvalue weighted by Gasteiger charge is -2.09. The van der Waals surface area contributed by atoms with E-state index < -0.39 is 5.82 Å². The number of hydrogen-bond donors (Lipinski definition) is 2. The molecular weight excluding hydrogens is 323 g/mol. The van der Waals surface area contributed by atoms with E-state index >= 15 is 0 Å². The Morgan fingerprint density at radius 3 is 2.83 bits per heavy atom. The van der Waals surface area contributed by atoms with E-state index in [0.717, 1.165) is 10.7 Å². The average Bonchev–Trinajstić information content (AvgIpc) is 2.35. The van der Waals surface area contributed by atoms with Crippen molar-refractivity contribution in [2.75, 3.05) is 17.7 Å². The van der Waals surface area contributed by atoms with Crippen LogP contribution in [0.2, 0.25) is 5.02 Å². The largest absolute Gasteiger partial charge is 0.357 e. The normalized spacial score (nSPS) is 10.2. The molecule has 1 heterocycles. The van der Waals surface area contributed by atoms with Crippen molar-refractivity contribution in [2.24, 2.45) is 0 Å². The molecule has 0 aliphatic carbocycles. The molecule has 0 saturated heterocycles. The van der Waals surface area contributed by atoms with Crippen LogP contribution in [0, 0.1) is 5.82 Å². The fourth-order valence-electron chi connectivity index (χ4n) is 1.29. The Morgan fingerprint density at radius 1 is 1.39 bits per heavy atom. The number of benzene rings is 1. The van der Waals surface area contributed by atoms with Crippen LogP contribution in [0.3, 0.4) is 0 Å². The third-order valence-corrected chi connectivity index (χ3v) is 2.96. The van der Waals surface area contributed by atoms with E-state index in [1.165, 1.54) is 0 Å². The zero-order valence-corrected chi connectivity index (χ0v) is 11.7. The van der Waals surface area contributed by atoms with Gasteiger partial charge in [0.1, 0.15) is 0 Å². The first-order chi connectivity index (χ1) is 8.60. The standard InChI is InChI=1S/C11H9BrClFN4/c1-15-11-16-5-8(14)10(18-11)17-9-3-2-6(12)4-7(9)13/h2-5H,1H3,(H2,15,16,17,18). The van der Waals surface area contributed by atoms with E-state index in [0.29, 0.717) is 16.7 Å². The van der Waals surface area contributed by atoms with Gasteiger partial charge in [0.2, 0.25) is 5.95 Å². The van der Waals surface area contributed by atoms with Crippen molar-refractivity contribution in [3.8, 4) is 0 Å². The van der Waals surface area contributed by atoms with Crippen LogP contribution in [0.5, 0.6) is 0 Å². The molecule has 94 valence electrons. The second-order valence-electron chi connectivity index (χ2n) is 3.39. The molecule has 4 nitrogen and oxygen atoms in total. The highest BCUT2D eigenvalue weighted by Gasteiger charge is 2.08. The van der Waals surface area contributed by atoms with Crippen molar-refractivity contribution >= 4 is 45.0 Å². The van der Waals surface area contributed by atoms with Crippen LogP contribution in [0.15, 0.2) is 28.9 Å². The molecule has 0 amide bonds. The summed E-state index contributed by atoms with van der Waals surface area (Å²) in [5, 5.41) is 6.02. The molecule has 0 atom stereocenters. The van der Waals surface area contributed by atoms with Crippen molar-refractivity contribution in [1.82, 2.24) is 9.97 Å². The van der Waals surface area contributed by atoms with Gasteiger partial charge >= 0.3 is 0 Å². The van der Waals surface area contributed by atoms with E-state index in [2.05, 4.69) is 36.5 Å². The minimum absolute atomic E-state index is 0.0681. The van der Waals surface area contributed by atoms with Gasteiger partial charge < -0.3 is 10.6 Å². The SMILES string of the molecule is CNc1ncc(F)c(Nc2ccc(Br)cc2Cl)n1. The summed E-state index contributed by atoms with van der Waals surface area (Å²) in [5.74, 6) is -0.154. The molecule has 0 radical (unpaired) electrons. The van der Waals surface area contributed by atoms with Gasteiger partial charge in [-0.25, -0.2) is 9.37 Å². The van der Waals surface area contributed by atoms with Crippen LogP contribution >= 0.6 is 27.5 Å². The Kier molecular flexibility index (Phi) is 3.98. The summed E-state index contributed by atoms with van der Waals surface area (Å²) >= 11 is 9.33. The molecule has 7 heteroatoms. The summed E-state index contributed by atoms with van der Waals surface area (Å²) in [6.07, 6.45) is 1.09. The quantitative estimate of drug-likeness (QED) is 0.898. The van der Waals surface area contributed by atoms with Gasteiger partial charge in [0.05, 0.1) is 16.9 Å². The Morgan fingerprint density at radius 2 is 2.17 bits per heavy atom. The minimum atomic E-state index is -0.548. The van der Waals surface area contributed by atoms with Gasteiger partial charge in [-0.3, -0.25) is 0 Å². The second kappa shape index (κ2) is 5.49. The lowest BCUT2D eigenvalue weighted by Crippen LogP contribution is -2.03. The molecule has 18 heavy (non-hydrogen) atoms. The van der Waals surface area contributed by atoms with Crippen LogP contribution in [-0.4, -0.2) is 17.0 Å².